The number of esters is 1. The van der Waals surface area contributed by atoms with E-state index in [1.807, 2.05) is 0 Å². The van der Waals surface area contributed by atoms with Crippen LogP contribution in [0.15, 0.2) is 35.1 Å². The minimum Gasteiger partial charge on any atom is -0.457 e. The first-order valence-corrected chi connectivity index (χ1v) is 6.57. The normalized spacial score (nSPS) is 10.6. The van der Waals surface area contributed by atoms with Crippen LogP contribution in [-0.4, -0.2) is 31.3 Å². The molecule has 8 heteroatoms. The lowest BCUT2D eigenvalue weighted by atomic mass is 10.2. The number of aromatic nitrogens is 5. The highest BCUT2D eigenvalue weighted by Gasteiger charge is 2.13. The van der Waals surface area contributed by atoms with Gasteiger partial charge >= 0.3 is 5.97 Å². The summed E-state index contributed by atoms with van der Waals surface area (Å²) in [5.41, 5.74) is 2.59. The van der Waals surface area contributed by atoms with Gasteiger partial charge in [0.25, 0.3) is 0 Å². The fraction of sp³-hybridized carbons (Fsp3) is 0.214. The zero-order valence-electron chi connectivity index (χ0n) is 12.1. The molecule has 0 unspecified atom stereocenters. The van der Waals surface area contributed by atoms with Crippen LogP contribution in [0.1, 0.15) is 27.4 Å². The van der Waals surface area contributed by atoms with Crippen molar-refractivity contribution in [3.63, 3.8) is 0 Å². The molecule has 0 saturated heterocycles. The molecule has 2 aromatic heterocycles. The Morgan fingerprint density at radius 2 is 2.23 bits per heavy atom. The van der Waals surface area contributed by atoms with Gasteiger partial charge in [-0.3, -0.25) is 0 Å². The molecule has 0 aliphatic carbocycles. The highest BCUT2D eigenvalue weighted by molar-refractivity contribution is 5.90. The molecule has 0 aliphatic rings. The second-order valence-electron chi connectivity index (χ2n) is 4.68. The molecule has 0 radical (unpaired) electrons. The van der Waals surface area contributed by atoms with Crippen LogP contribution in [0.5, 0.6) is 0 Å². The van der Waals surface area contributed by atoms with E-state index in [-0.39, 0.29) is 6.61 Å². The van der Waals surface area contributed by atoms with E-state index >= 15 is 0 Å². The first-order valence-electron chi connectivity index (χ1n) is 6.57. The molecule has 0 fully saturated rings. The molecule has 0 saturated carbocycles. The van der Waals surface area contributed by atoms with Crippen molar-refractivity contribution >= 4 is 5.97 Å². The van der Waals surface area contributed by atoms with Gasteiger partial charge in [0, 0.05) is 0 Å². The average Bonchev–Trinajstić information content (AvgIpc) is 3.16. The highest BCUT2D eigenvalue weighted by atomic mass is 16.5. The molecule has 3 aromatic rings. The van der Waals surface area contributed by atoms with E-state index in [4.69, 9.17) is 9.26 Å². The molecule has 112 valence electrons. The van der Waals surface area contributed by atoms with E-state index in [2.05, 4.69) is 20.7 Å². The lowest BCUT2D eigenvalue weighted by molar-refractivity contribution is 0.0471. The fourth-order valence-corrected chi connectivity index (χ4v) is 1.98. The molecule has 0 amide bonds. The summed E-state index contributed by atoms with van der Waals surface area (Å²) < 4.78 is 11.8. The third kappa shape index (κ3) is 2.71. The van der Waals surface area contributed by atoms with Gasteiger partial charge in [0.05, 0.1) is 22.5 Å². The van der Waals surface area contributed by atoms with Crippen LogP contribution in [0.25, 0.3) is 5.69 Å². The largest absolute Gasteiger partial charge is 0.457 e. The molecule has 1 aromatic carbocycles. The first kappa shape index (κ1) is 13.9. The topological polar surface area (TPSA) is 95.9 Å². The number of carbonyl (C=O) groups excluding carboxylic acids is 1. The van der Waals surface area contributed by atoms with Gasteiger partial charge in [-0.15, -0.1) is 5.10 Å². The molecule has 0 spiro atoms. The number of benzene rings is 1. The van der Waals surface area contributed by atoms with Crippen molar-refractivity contribution < 1.29 is 14.1 Å². The second-order valence-corrected chi connectivity index (χ2v) is 4.68. The summed E-state index contributed by atoms with van der Waals surface area (Å²) in [6.45, 7) is 3.70. The van der Waals surface area contributed by atoms with Crippen molar-refractivity contribution in [1.82, 2.24) is 25.4 Å². The first-order chi connectivity index (χ1) is 10.6. The Labute approximate surface area is 125 Å². The van der Waals surface area contributed by atoms with Crippen LogP contribution in [-0.2, 0) is 11.3 Å². The second kappa shape index (κ2) is 5.76. The predicted molar refractivity (Wildman–Crippen MR) is 74.3 cm³/mol. The molecule has 2 heterocycles. The average molecular weight is 299 g/mol. The van der Waals surface area contributed by atoms with Gasteiger partial charge in [-0.05, 0) is 42.5 Å². The van der Waals surface area contributed by atoms with E-state index in [0.717, 1.165) is 5.56 Å². The fourth-order valence-electron chi connectivity index (χ4n) is 1.98. The number of hydrogen-bond acceptors (Lipinski definition) is 7. The van der Waals surface area contributed by atoms with Gasteiger partial charge < -0.3 is 9.26 Å². The molecule has 0 atom stereocenters. The Morgan fingerprint density at radius 1 is 1.36 bits per heavy atom. The van der Waals surface area contributed by atoms with Crippen LogP contribution in [0, 0.1) is 13.8 Å². The molecule has 0 aliphatic heterocycles. The Bertz CT molecular complexity index is 775. The zero-order valence-corrected chi connectivity index (χ0v) is 12.1. The Hall–Kier alpha value is -3.03. The minimum atomic E-state index is -0.435. The summed E-state index contributed by atoms with van der Waals surface area (Å²) in [7, 11) is 0. The molecule has 0 bridgehead atoms. The summed E-state index contributed by atoms with van der Waals surface area (Å²) in [5, 5.41) is 14.7. The lowest BCUT2D eigenvalue weighted by Crippen LogP contribution is -2.07. The Kier molecular flexibility index (Phi) is 3.65. The maximum Gasteiger partial charge on any atom is 0.338 e. The van der Waals surface area contributed by atoms with E-state index < -0.39 is 5.97 Å². The smallest absolute Gasteiger partial charge is 0.338 e. The minimum absolute atomic E-state index is 0.120. The van der Waals surface area contributed by atoms with E-state index in [1.165, 1.54) is 11.0 Å². The number of aryl methyl sites for hydroxylation is 2. The van der Waals surface area contributed by atoms with Crippen LogP contribution < -0.4 is 0 Å². The summed E-state index contributed by atoms with van der Waals surface area (Å²) in [6, 6.07) is 6.86. The van der Waals surface area contributed by atoms with Gasteiger partial charge in [-0.2, -0.15) is 0 Å². The molecule has 22 heavy (non-hydrogen) atoms. The van der Waals surface area contributed by atoms with Crippen molar-refractivity contribution in [3.8, 4) is 5.69 Å². The number of carbonyl (C=O) groups is 1. The SMILES string of the molecule is Cc1noc(C)c1COC(=O)c1cccc(-n2cnnn2)c1. The molecular formula is C14H13N5O3. The van der Waals surface area contributed by atoms with Gasteiger partial charge in [0.15, 0.2) is 0 Å². The quantitative estimate of drug-likeness (QED) is 0.675. The summed E-state index contributed by atoms with van der Waals surface area (Å²) >= 11 is 0. The van der Waals surface area contributed by atoms with Gasteiger partial charge in [0.2, 0.25) is 0 Å². The van der Waals surface area contributed by atoms with E-state index in [1.54, 1.807) is 38.1 Å². The van der Waals surface area contributed by atoms with Crippen LogP contribution in [0.4, 0.5) is 0 Å². The molecule has 8 nitrogen and oxygen atoms in total. The van der Waals surface area contributed by atoms with Crippen molar-refractivity contribution in [1.29, 1.82) is 0 Å². The number of ether oxygens (including phenoxy) is 1. The maximum atomic E-state index is 12.2. The van der Waals surface area contributed by atoms with Gasteiger partial charge in [0.1, 0.15) is 18.7 Å². The van der Waals surface area contributed by atoms with Gasteiger partial charge in [-0.25, -0.2) is 9.48 Å². The monoisotopic (exact) mass is 299 g/mol. The third-order valence-electron chi connectivity index (χ3n) is 3.22. The molecule has 3 rings (SSSR count). The van der Waals surface area contributed by atoms with Crippen LogP contribution >= 0.6 is 0 Å². The van der Waals surface area contributed by atoms with Crippen molar-refractivity contribution in [2.75, 3.05) is 0 Å². The number of nitrogens with zero attached hydrogens (tertiary/aromatic N) is 5. The Balaban J connectivity index is 1.74. The summed E-state index contributed by atoms with van der Waals surface area (Å²) in [6.07, 6.45) is 1.45. The number of hydrogen-bond donors (Lipinski definition) is 0. The molecular weight excluding hydrogens is 286 g/mol. The predicted octanol–water partition coefficient (Wildman–Crippen LogP) is 1.62. The Morgan fingerprint density at radius 3 is 2.91 bits per heavy atom. The zero-order chi connectivity index (χ0) is 15.5. The van der Waals surface area contributed by atoms with Crippen LogP contribution in [0.2, 0.25) is 0 Å². The maximum absolute atomic E-state index is 12.2. The van der Waals surface area contributed by atoms with Crippen molar-refractivity contribution in [3.05, 3.63) is 53.2 Å². The van der Waals surface area contributed by atoms with Gasteiger partial charge in [-0.1, -0.05) is 11.2 Å². The van der Waals surface area contributed by atoms with E-state index in [9.17, 15) is 4.79 Å². The third-order valence-corrected chi connectivity index (χ3v) is 3.22. The lowest BCUT2D eigenvalue weighted by Gasteiger charge is -2.06. The molecule has 0 N–H and O–H groups in total. The van der Waals surface area contributed by atoms with Crippen molar-refractivity contribution in [2.24, 2.45) is 0 Å². The number of tetrazole rings is 1. The van der Waals surface area contributed by atoms with E-state index in [0.29, 0.717) is 22.7 Å². The number of rotatable bonds is 4. The van der Waals surface area contributed by atoms with Crippen LogP contribution in [0.3, 0.4) is 0 Å². The standard InChI is InChI=1S/C14H13N5O3/c1-9-13(10(2)22-16-9)7-21-14(20)11-4-3-5-12(6-11)19-8-15-17-18-19/h3-6,8H,7H2,1-2H3. The van der Waals surface area contributed by atoms with Crippen molar-refractivity contribution in [2.45, 2.75) is 20.5 Å². The summed E-state index contributed by atoms with van der Waals surface area (Å²) in [4.78, 5) is 12.2. The summed E-state index contributed by atoms with van der Waals surface area (Å²) in [5.74, 6) is 0.211. The highest BCUT2D eigenvalue weighted by Crippen LogP contribution is 2.15.